The zero-order valence-electron chi connectivity index (χ0n) is 11.6. The Kier molecular flexibility index (Phi) is 4.61. The molecule has 0 atom stereocenters. The number of halogens is 1. The number of anilines is 1. The van der Waals surface area contributed by atoms with Crippen LogP contribution in [0.2, 0.25) is 5.02 Å². The number of amides is 1. The summed E-state index contributed by atoms with van der Waals surface area (Å²) in [5.41, 5.74) is 1.62. The minimum absolute atomic E-state index is 0.0583. The molecule has 0 aliphatic heterocycles. The molecule has 1 heterocycles. The highest BCUT2D eigenvalue weighted by molar-refractivity contribution is 8.00. The van der Waals surface area contributed by atoms with Crippen LogP contribution in [0, 0.1) is 0 Å². The average Bonchev–Trinajstić information content (AvgIpc) is 2.54. The van der Waals surface area contributed by atoms with Crippen molar-refractivity contribution >= 4 is 45.9 Å². The Labute approximate surface area is 137 Å². The molecule has 0 fully saturated rings. The molecule has 0 aliphatic rings. The molecule has 0 bridgehead atoms. The minimum atomic E-state index is -0.0583. The molecule has 110 valence electrons. The van der Waals surface area contributed by atoms with Crippen molar-refractivity contribution in [1.82, 2.24) is 4.98 Å². The molecule has 1 aromatic heterocycles. The lowest BCUT2D eigenvalue weighted by Gasteiger charge is -2.06. The maximum atomic E-state index is 12.0. The van der Waals surface area contributed by atoms with Crippen LogP contribution in [0.25, 0.3) is 10.9 Å². The van der Waals surface area contributed by atoms with E-state index in [1.807, 2.05) is 54.6 Å². The highest BCUT2D eigenvalue weighted by atomic mass is 35.5. The number of carbonyl (C=O) groups is 1. The number of hydrogen-bond acceptors (Lipinski definition) is 3. The van der Waals surface area contributed by atoms with E-state index in [1.54, 1.807) is 6.20 Å². The number of nitrogens with zero attached hydrogens (tertiary/aromatic N) is 1. The number of thioether (sulfide) groups is 1. The van der Waals surface area contributed by atoms with Crippen LogP contribution in [0.3, 0.4) is 0 Å². The van der Waals surface area contributed by atoms with Crippen molar-refractivity contribution in [3.63, 3.8) is 0 Å². The summed E-state index contributed by atoms with van der Waals surface area (Å²) in [6.07, 6.45) is 1.67. The van der Waals surface area contributed by atoms with Crippen LogP contribution >= 0.6 is 23.4 Å². The van der Waals surface area contributed by atoms with Crippen molar-refractivity contribution in [2.24, 2.45) is 0 Å². The van der Waals surface area contributed by atoms with Crippen molar-refractivity contribution in [2.45, 2.75) is 4.90 Å². The van der Waals surface area contributed by atoms with Gasteiger partial charge in [0.1, 0.15) is 0 Å². The number of carbonyl (C=O) groups excluding carboxylic acids is 1. The van der Waals surface area contributed by atoms with Gasteiger partial charge in [0.25, 0.3) is 0 Å². The normalized spacial score (nSPS) is 10.6. The molecule has 0 saturated heterocycles. The third-order valence-corrected chi connectivity index (χ3v) is 4.32. The summed E-state index contributed by atoms with van der Waals surface area (Å²) in [6, 6.07) is 17.2. The quantitative estimate of drug-likeness (QED) is 0.711. The van der Waals surface area contributed by atoms with Crippen molar-refractivity contribution < 1.29 is 4.79 Å². The Morgan fingerprint density at radius 1 is 1.14 bits per heavy atom. The van der Waals surface area contributed by atoms with E-state index >= 15 is 0 Å². The maximum Gasteiger partial charge on any atom is 0.234 e. The summed E-state index contributed by atoms with van der Waals surface area (Å²) in [7, 11) is 0. The fourth-order valence-electron chi connectivity index (χ4n) is 2.02. The average molecular weight is 329 g/mol. The maximum absolute atomic E-state index is 12.0. The summed E-state index contributed by atoms with van der Waals surface area (Å²) in [5, 5.41) is 4.56. The Hall–Kier alpha value is -2.04. The molecule has 3 aromatic rings. The Morgan fingerprint density at radius 3 is 2.73 bits per heavy atom. The second kappa shape index (κ2) is 6.81. The number of rotatable bonds is 4. The van der Waals surface area contributed by atoms with Crippen molar-refractivity contribution in [2.75, 3.05) is 11.1 Å². The van der Waals surface area contributed by atoms with E-state index in [1.165, 1.54) is 11.8 Å². The first-order chi connectivity index (χ1) is 10.7. The molecule has 1 N–H and O–H groups in total. The van der Waals surface area contributed by atoms with Gasteiger partial charge in [-0.3, -0.25) is 9.78 Å². The van der Waals surface area contributed by atoms with Gasteiger partial charge in [-0.1, -0.05) is 29.8 Å². The number of fused-ring (bicyclic) bond motifs is 1. The number of hydrogen-bond donors (Lipinski definition) is 1. The lowest BCUT2D eigenvalue weighted by Crippen LogP contribution is -2.14. The van der Waals surface area contributed by atoms with Crippen molar-refractivity contribution in [1.29, 1.82) is 0 Å². The van der Waals surface area contributed by atoms with Gasteiger partial charge in [0.2, 0.25) is 5.91 Å². The number of benzene rings is 2. The molecule has 0 saturated carbocycles. The minimum Gasteiger partial charge on any atom is -0.324 e. The summed E-state index contributed by atoms with van der Waals surface area (Å²) in [5.74, 6) is 0.283. The molecule has 2 aromatic carbocycles. The predicted octanol–water partition coefficient (Wildman–Crippen LogP) is 4.62. The van der Waals surface area contributed by atoms with Gasteiger partial charge in [-0.25, -0.2) is 0 Å². The van der Waals surface area contributed by atoms with Crippen molar-refractivity contribution in [3.05, 3.63) is 65.8 Å². The van der Waals surface area contributed by atoms with Gasteiger partial charge in [-0.05, 0) is 36.4 Å². The van der Waals surface area contributed by atoms with Gasteiger partial charge in [0.05, 0.1) is 23.2 Å². The van der Waals surface area contributed by atoms with Gasteiger partial charge in [0, 0.05) is 15.3 Å². The van der Waals surface area contributed by atoms with Crippen LogP contribution in [-0.4, -0.2) is 16.6 Å². The van der Waals surface area contributed by atoms with Crippen LogP contribution in [0.1, 0.15) is 0 Å². The van der Waals surface area contributed by atoms with Gasteiger partial charge < -0.3 is 5.32 Å². The summed E-state index contributed by atoms with van der Waals surface area (Å²) >= 11 is 7.30. The Balaban J connectivity index is 1.61. The van der Waals surface area contributed by atoms with Crippen LogP contribution in [0.5, 0.6) is 0 Å². The summed E-state index contributed by atoms with van der Waals surface area (Å²) in [6.45, 7) is 0. The molecule has 0 unspecified atom stereocenters. The second-order valence-corrected chi connectivity index (χ2v) is 6.19. The fourth-order valence-corrected chi connectivity index (χ4v) is 2.84. The third-order valence-electron chi connectivity index (χ3n) is 3.06. The predicted molar refractivity (Wildman–Crippen MR) is 92.5 cm³/mol. The van der Waals surface area contributed by atoms with E-state index in [2.05, 4.69) is 10.3 Å². The zero-order chi connectivity index (χ0) is 15.4. The molecule has 1 amide bonds. The molecule has 0 radical (unpaired) electrons. The summed E-state index contributed by atoms with van der Waals surface area (Å²) in [4.78, 5) is 17.3. The first-order valence-electron chi connectivity index (χ1n) is 6.74. The molecule has 0 aliphatic carbocycles. The lowest BCUT2D eigenvalue weighted by molar-refractivity contribution is -0.113. The highest BCUT2D eigenvalue weighted by Gasteiger charge is 2.05. The van der Waals surface area contributed by atoms with E-state index in [-0.39, 0.29) is 5.91 Å². The Bertz CT molecular complexity index is 805. The largest absolute Gasteiger partial charge is 0.324 e. The van der Waals surface area contributed by atoms with Crippen LogP contribution in [0.4, 0.5) is 5.69 Å². The standard InChI is InChI=1S/C17H13ClN2OS/c18-13-5-7-15(8-6-13)22-11-17(21)20-14-9-12-3-1-2-4-16(12)19-10-14/h1-10H,11H2,(H,20,21). The van der Waals surface area contributed by atoms with Gasteiger partial charge in [-0.15, -0.1) is 11.8 Å². The van der Waals surface area contributed by atoms with E-state index in [9.17, 15) is 4.79 Å². The van der Waals surface area contributed by atoms with E-state index in [0.29, 0.717) is 16.5 Å². The molecule has 3 nitrogen and oxygen atoms in total. The van der Waals surface area contributed by atoms with Gasteiger partial charge in [0.15, 0.2) is 0 Å². The molecular formula is C17H13ClN2OS. The van der Waals surface area contributed by atoms with Crippen molar-refractivity contribution in [3.8, 4) is 0 Å². The number of para-hydroxylation sites is 1. The topological polar surface area (TPSA) is 42.0 Å². The molecule has 0 spiro atoms. The van der Waals surface area contributed by atoms with Gasteiger partial charge in [-0.2, -0.15) is 0 Å². The van der Waals surface area contributed by atoms with E-state index in [0.717, 1.165) is 15.8 Å². The third kappa shape index (κ3) is 3.78. The van der Waals surface area contributed by atoms with E-state index < -0.39 is 0 Å². The second-order valence-electron chi connectivity index (χ2n) is 4.71. The summed E-state index contributed by atoms with van der Waals surface area (Å²) < 4.78 is 0. The monoisotopic (exact) mass is 328 g/mol. The number of aromatic nitrogens is 1. The number of pyridine rings is 1. The molecule has 22 heavy (non-hydrogen) atoms. The highest BCUT2D eigenvalue weighted by Crippen LogP contribution is 2.21. The smallest absolute Gasteiger partial charge is 0.234 e. The first-order valence-corrected chi connectivity index (χ1v) is 8.10. The SMILES string of the molecule is O=C(CSc1ccc(Cl)cc1)Nc1cnc2ccccc2c1. The first kappa shape index (κ1) is 14.9. The Morgan fingerprint density at radius 2 is 1.91 bits per heavy atom. The molecular weight excluding hydrogens is 316 g/mol. The van der Waals surface area contributed by atoms with Crippen LogP contribution < -0.4 is 5.32 Å². The van der Waals surface area contributed by atoms with Gasteiger partial charge >= 0.3 is 0 Å². The van der Waals surface area contributed by atoms with Crippen LogP contribution in [-0.2, 0) is 4.79 Å². The fraction of sp³-hybridized carbons (Fsp3) is 0.0588. The molecule has 5 heteroatoms. The lowest BCUT2D eigenvalue weighted by atomic mass is 10.2. The number of nitrogens with one attached hydrogen (secondary N) is 1. The molecule has 3 rings (SSSR count). The zero-order valence-corrected chi connectivity index (χ0v) is 13.2. The van der Waals surface area contributed by atoms with Crippen LogP contribution in [0.15, 0.2) is 65.7 Å². The van der Waals surface area contributed by atoms with E-state index in [4.69, 9.17) is 11.6 Å².